The predicted molar refractivity (Wildman–Crippen MR) is 104 cm³/mol. The summed E-state index contributed by atoms with van der Waals surface area (Å²) in [5.41, 5.74) is 1.15. The molecule has 0 saturated carbocycles. The quantitative estimate of drug-likeness (QED) is 0.336. The minimum Gasteiger partial charge on any atom is -0.480 e. The lowest BCUT2D eigenvalue weighted by molar-refractivity contribution is -0.141. The van der Waals surface area contributed by atoms with Crippen molar-refractivity contribution in [1.82, 2.24) is 20.6 Å². The van der Waals surface area contributed by atoms with Crippen molar-refractivity contribution in [3.05, 3.63) is 48.0 Å². The Hall–Kier alpha value is -2.83. The molecule has 1 heterocycles. The fourth-order valence-electron chi connectivity index (χ4n) is 2.27. The molecule has 0 fully saturated rings. The third kappa shape index (κ3) is 6.40. The van der Waals surface area contributed by atoms with Gasteiger partial charge >= 0.3 is 5.97 Å². The Balaban J connectivity index is 1.82. The molecule has 0 saturated heterocycles. The molecule has 2 aromatic rings. The highest BCUT2D eigenvalue weighted by molar-refractivity contribution is 7.89. The van der Waals surface area contributed by atoms with Gasteiger partial charge in [0.05, 0.1) is 11.2 Å². The van der Waals surface area contributed by atoms with E-state index in [1.165, 1.54) is 36.8 Å². The zero-order chi connectivity index (χ0) is 20.7. The number of carboxylic acid groups (broad SMARTS) is 1. The van der Waals surface area contributed by atoms with Crippen LogP contribution in [0.3, 0.4) is 0 Å². The molecular weight excluding hydrogens is 406 g/mol. The van der Waals surface area contributed by atoms with Crippen LogP contribution < -0.4 is 15.8 Å². The summed E-state index contributed by atoms with van der Waals surface area (Å²) < 4.78 is 22.5. The number of aliphatic carboxylic acids is 1. The summed E-state index contributed by atoms with van der Waals surface area (Å²) in [6.07, 6.45) is 3.01. The third-order valence-electron chi connectivity index (χ3n) is 3.69. The monoisotopic (exact) mass is 425 g/mol. The second-order valence-corrected chi connectivity index (χ2v) is 7.78. The molecule has 0 aliphatic heterocycles. The minimum atomic E-state index is -3.78. The molecule has 2 rings (SSSR count). The molecule has 1 amide bonds. The first-order valence-corrected chi connectivity index (χ1v) is 10.0. The first-order valence-electron chi connectivity index (χ1n) is 8.07. The number of hydrogen-bond acceptors (Lipinski definition) is 6. The number of carbonyl (C=O) groups is 2. The zero-order valence-electron chi connectivity index (χ0n) is 14.6. The fraction of sp³-hybridized carbons (Fsp3) is 0.250. The maximum absolute atomic E-state index is 12.0. The normalized spacial score (nSPS) is 12.2. The van der Waals surface area contributed by atoms with Crippen LogP contribution in [0.15, 0.2) is 41.7 Å². The Morgan fingerprint density at radius 3 is 2.50 bits per heavy atom. The molecule has 0 aliphatic carbocycles. The van der Waals surface area contributed by atoms with Gasteiger partial charge in [-0.25, -0.2) is 23.3 Å². The number of imidazole rings is 1. The Morgan fingerprint density at radius 2 is 1.96 bits per heavy atom. The standard InChI is InChI=1S/C16H19N5O5S2/c17-28(25,26)12-3-1-10(2-4-12)15(27)19-6-5-14(22)21-13(16(23)24)7-11-8-18-9-20-11/h1-4,8-9,13H,5-7H2,(H,18,20)(H,19,27)(H,21,22)(H,23,24)(H2,17,25,26)/t13-/m1/s1. The van der Waals surface area contributed by atoms with Crippen LogP contribution in [0.1, 0.15) is 17.7 Å². The number of thiocarbonyl (C=S) groups is 1. The van der Waals surface area contributed by atoms with Crippen LogP contribution in [0.5, 0.6) is 0 Å². The van der Waals surface area contributed by atoms with Gasteiger partial charge < -0.3 is 20.7 Å². The molecule has 0 bridgehead atoms. The minimum absolute atomic E-state index is 0.00214. The van der Waals surface area contributed by atoms with Gasteiger partial charge in [-0.3, -0.25) is 4.79 Å². The molecule has 150 valence electrons. The lowest BCUT2D eigenvalue weighted by atomic mass is 10.1. The van der Waals surface area contributed by atoms with Gasteiger partial charge in [0.1, 0.15) is 11.0 Å². The summed E-state index contributed by atoms with van der Waals surface area (Å²) in [6, 6.07) is 4.59. The lowest BCUT2D eigenvalue weighted by Crippen LogP contribution is -2.43. The molecule has 0 unspecified atom stereocenters. The van der Waals surface area contributed by atoms with Gasteiger partial charge in [0.2, 0.25) is 15.9 Å². The summed E-state index contributed by atoms with van der Waals surface area (Å²) in [5, 5.41) is 19.6. The van der Waals surface area contributed by atoms with Gasteiger partial charge in [-0.05, 0) is 12.1 Å². The van der Waals surface area contributed by atoms with Crippen LogP contribution in [0.4, 0.5) is 0 Å². The van der Waals surface area contributed by atoms with Crippen molar-refractivity contribution in [3.8, 4) is 0 Å². The molecule has 6 N–H and O–H groups in total. The van der Waals surface area contributed by atoms with E-state index < -0.39 is 27.9 Å². The highest BCUT2D eigenvalue weighted by Gasteiger charge is 2.20. The third-order valence-corrected chi connectivity index (χ3v) is 5.00. The largest absolute Gasteiger partial charge is 0.480 e. The van der Waals surface area contributed by atoms with Crippen LogP contribution in [-0.2, 0) is 26.0 Å². The summed E-state index contributed by atoms with van der Waals surface area (Å²) >= 11 is 5.19. The summed E-state index contributed by atoms with van der Waals surface area (Å²) in [5.74, 6) is -1.60. The van der Waals surface area contributed by atoms with E-state index >= 15 is 0 Å². The topological polar surface area (TPSA) is 167 Å². The number of H-pyrrole nitrogens is 1. The van der Waals surface area contributed by atoms with E-state index in [1.807, 2.05) is 0 Å². The Bertz CT molecular complexity index is 942. The molecule has 0 radical (unpaired) electrons. The van der Waals surface area contributed by atoms with E-state index in [0.717, 1.165) is 0 Å². The van der Waals surface area contributed by atoms with Gasteiger partial charge in [-0.15, -0.1) is 0 Å². The Labute approximate surface area is 166 Å². The first kappa shape index (κ1) is 21.5. The number of aromatic amines is 1. The van der Waals surface area contributed by atoms with Crippen molar-refractivity contribution in [1.29, 1.82) is 0 Å². The number of carbonyl (C=O) groups excluding carboxylic acids is 1. The van der Waals surface area contributed by atoms with E-state index in [2.05, 4.69) is 20.6 Å². The van der Waals surface area contributed by atoms with E-state index in [-0.39, 0.29) is 24.3 Å². The molecule has 1 aromatic heterocycles. The van der Waals surface area contributed by atoms with Crippen LogP contribution in [0, 0.1) is 0 Å². The van der Waals surface area contributed by atoms with Gasteiger partial charge in [-0.2, -0.15) is 0 Å². The fourth-order valence-corrected chi connectivity index (χ4v) is 3.02. The number of carboxylic acids is 1. The van der Waals surface area contributed by atoms with E-state index in [9.17, 15) is 23.1 Å². The highest BCUT2D eigenvalue weighted by atomic mass is 32.2. The molecular formula is C16H19N5O5S2. The average Bonchev–Trinajstić information content (AvgIpc) is 3.13. The lowest BCUT2D eigenvalue weighted by Gasteiger charge is -2.14. The SMILES string of the molecule is NS(=O)(=O)c1ccc(C(=S)NCCC(=O)N[C@H](Cc2cnc[nH]2)C(=O)O)cc1. The van der Waals surface area contributed by atoms with Crippen molar-refractivity contribution in [2.24, 2.45) is 5.14 Å². The van der Waals surface area contributed by atoms with Gasteiger partial charge in [0.15, 0.2) is 0 Å². The molecule has 10 nitrogen and oxygen atoms in total. The van der Waals surface area contributed by atoms with Gasteiger partial charge in [0, 0.05) is 36.8 Å². The van der Waals surface area contributed by atoms with Crippen molar-refractivity contribution in [3.63, 3.8) is 0 Å². The number of primary sulfonamides is 1. The van der Waals surface area contributed by atoms with Crippen molar-refractivity contribution in [2.45, 2.75) is 23.8 Å². The molecule has 1 aromatic carbocycles. The van der Waals surface area contributed by atoms with Crippen molar-refractivity contribution >= 4 is 39.1 Å². The smallest absolute Gasteiger partial charge is 0.326 e. The van der Waals surface area contributed by atoms with E-state index in [4.69, 9.17) is 17.4 Å². The van der Waals surface area contributed by atoms with Crippen LogP contribution in [0.2, 0.25) is 0 Å². The van der Waals surface area contributed by atoms with E-state index in [0.29, 0.717) is 16.2 Å². The molecule has 28 heavy (non-hydrogen) atoms. The second kappa shape index (κ2) is 9.39. The number of nitrogens with one attached hydrogen (secondary N) is 3. The van der Waals surface area contributed by atoms with Crippen LogP contribution >= 0.6 is 12.2 Å². The summed E-state index contributed by atoms with van der Waals surface area (Å²) in [4.78, 5) is 30.2. The van der Waals surface area contributed by atoms with Gasteiger partial charge in [0.25, 0.3) is 0 Å². The van der Waals surface area contributed by atoms with Crippen molar-refractivity contribution in [2.75, 3.05) is 6.54 Å². The predicted octanol–water partition coefficient (Wildman–Crippen LogP) is -0.476. The maximum Gasteiger partial charge on any atom is 0.326 e. The summed E-state index contributed by atoms with van der Waals surface area (Å²) in [7, 11) is -3.78. The van der Waals surface area contributed by atoms with Crippen LogP contribution in [-0.4, -0.2) is 52.9 Å². The van der Waals surface area contributed by atoms with Gasteiger partial charge in [-0.1, -0.05) is 24.4 Å². The molecule has 12 heteroatoms. The average molecular weight is 425 g/mol. The number of hydrogen-bond donors (Lipinski definition) is 5. The van der Waals surface area contributed by atoms with Crippen molar-refractivity contribution < 1.29 is 23.1 Å². The second-order valence-electron chi connectivity index (χ2n) is 5.81. The number of nitrogens with two attached hydrogens (primary N) is 1. The first-order chi connectivity index (χ1) is 13.2. The molecule has 0 aliphatic rings. The maximum atomic E-state index is 12.0. The van der Waals surface area contributed by atoms with E-state index in [1.54, 1.807) is 0 Å². The molecule has 0 spiro atoms. The number of benzene rings is 1. The van der Waals surface area contributed by atoms with Crippen LogP contribution in [0.25, 0.3) is 0 Å². The number of rotatable bonds is 9. The number of sulfonamides is 1. The zero-order valence-corrected chi connectivity index (χ0v) is 16.2. The number of aromatic nitrogens is 2. The number of amides is 1. The Morgan fingerprint density at radius 1 is 1.29 bits per heavy atom. The highest BCUT2D eigenvalue weighted by Crippen LogP contribution is 2.09. The Kier molecular flexibility index (Phi) is 7.20. The molecule has 1 atom stereocenters. The summed E-state index contributed by atoms with van der Waals surface area (Å²) in [6.45, 7) is 0.179. The number of nitrogens with zero attached hydrogens (tertiary/aromatic N) is 1.